The molecule has 0 unspecified atom stereocenters. The van der Waals surface area contributed by atoms with E-state index in [4.69, 9.17) is 4.74 Å². The Hall–Kier alpha value is -1.73. The van der Waals surface area contributed by atoms with E-state index in [0.717, 1.165) is 6.42 Å². The van der Waals surface area contributed by atoms with Gasteiger partial charge in [-0.05, 0) is 31.7 Å². The molecule has 0 radical (unpaired) electrons. The maximum absolute atomic E-state index is 12.1. The number of nitrogens with zero attached hydrogens (tertiary/aromatic N) is 2. The smallest absolute Gasteiger partial charge is 0.262 e. The van der Waals surface area contributed by atoms with Crippen molar-refractivity contribution in [2.75, 3.05) is 13.2 Å². The zero-order chi connectivity index (χ0) is 15.2. The highest BCUT2D eigenvalue weighted by Gasteiger charge is 2.08. The summed E-state index contributed by atoms with van der Waals surface area (Å²) in [6.45, 7) is 5.08. The van der Waals surface area contributed by atoms with Gasteiger partial charge >= 0.3 is 0 Å². The van der Waals surface area contributed by atoms with Gasteiger partial charge in [0.15, 0.2) is 0 Å². The lowest BCUT2D eigenvalue weighted by Gasteiger charge is -2.09. The molecular formula is C14H19N3O3S. The maximum Gasteiger partial charge on any atom is 0.262 e. The highest BCUT2D eigenvalue weighted by Crippen LogP contribution is 2.12. The highest BCUT2D eigenvalue weighted by atomic mass is 32.1. The summed E-state index contributed by atoms with van der Waals surface area (Å²) in [6, 6.07) is 1.73. The Bertz CT molecular complexity index is 663. The molecule has 0 aromatic carbocycles. The van der Waals surface area contributed by atoms with Crippen LogP contribution in [-0.4, -0.2) is 34.7 Å². The molecule has 0 aliphatic carbocycles. The van der Waals surface area contributed by atoms with Gasteiger partial charge in [-0.2, -0.15) is 0 Å². The van der Waals surface area contributed by atoms with E-state index in [1.807, 2.05) is 19.2 Å². The van der Waals surface area contributed by atoms with Crippen molar-refractivity contribution in [1.82, 2.24) is 14.9 Å². The van der Waals surface area contributed by atoms with Crippen molar-refractivity contribution in [1.29, 1.82) is 0 Å². The SMILES string of the molecule is CC(C)OCCCNC(=O)Cn1cnc2sccc2c1=O. The molecule has 6 nitrogen and oxygen atoms in total. The van der Waals surface area contributed by atoms with Crippen LogP contribution in [0.4, 0.5) is 0 Å². The Balaban J connectivity index is 1.84. The second-order valence-electron chi connectivity index (χ2n) is 4.94. The standard InChI is InChI=1S/C14H19N3O3S/c1-10(2)20-6-3-5-15-12(18)8-17-9-16-13-11(14(17)19)4-7-21-13/h4,7,9-10H,3,5-6,8H2,1-2H3,(H,15,18). The van der Waals surface area contributed by atoms with E-state index in [1.165, 1.54) is 22.2 Å². The molecule has 0 saturated heterocycles. The summed E-state index contributed by atoms with van der Waals surface area (Å²) < 4.78 is 6.71. The minimum atomic E-state index is -0.196. The quantitative estimate of drug-likeness (QED) is 0.784. The Labute approximate surface area is 126 Å². The summed E-state index contributed by atoms with van der Waals surface area (Å²) in [5.41, 5.74) is -0.181. The molecule has 2 heterocycles. The second-order valence-corrected chi connectivity index (χ2v) is 5.83. The van der Waals surface area contributed by atoms with Crippen LogP contribution >= 0.6 is 11.3 Å². The minimum absolute atomic E-state index is 0.0113. The molecular weight excluding hydrogens is 290 g/mol. The first kappa shape index (κ1) is 15.7. The van der Waals surface area contributed by atoms with Crippen LogP contribution in [0.2, 0.25) is 0 Å². The third kappa shape index (κ3) is 4.37. The molecule has 0 aliphatic heterocycles. The zero-order valence-corrected chi connectivity index (χ0v) is 13.0. The molecule has 0 fully saturated rings. The van der Waals surface area contributed by atoms with Crippen LogP contribution in [0.1, 0.15) is 20.3 Å². The molecule has 0 atom stereocenters. The summed E-state index contributed by atoms with van der Waals surface area (Å²) in [7, 11) is 0. The number of aromatic nitrogens is 2. The normalized spacial score (nSPS) is 11.2. The summed E-state index contributed by atoms with van der Waals surface area (Å²) in [4.78, 5) is 28.8. The summed E-state index contributed by atoms with van der Waals surface area (Å²) >= 11 is 1.41. The fourth-order valence-electron chi connectivity index (χ4n) is 1.84. The van der Waals surface area contributed by atoms with Gasteiger partial charge in [0, 0.05) is 13.2 Å². The van der Waals surface area contributed by atoms with E-state index in [1.54, 1.807) is 6.07 Å². The zero-order valence-electron chi connectivity index (χ0n) is 12.2. The Morgan fingerprint density at radius 2 is 2.33 bits per heavy atom. The van der Waals surface area contributed by atoms with Crippen LogP contribution in [0.25, 0.3) is 10.2 Å². The van der Waals surface area contributed by atoms with Gasteiger partial charge in [0.25, 0.3) is 5.56 Å². The lowest BCUT2D eigenvalue weighted by atomic mass is 10.4. The average Bonchev–Trinajstić information content (AvgIpc) is 2.90. The number of hydrogen-bond acceptors (Lipinski definition) is 5. The Kier molecular flexibility index (Phi) is 5.46. The van der Waals surface area contributed by atoms with E-state index in [-0.39, 0.29) is 24.1 Å². The molecule has 2 aromatic heterocycles. The molecule has 0 saturated carbocycles. The lowest BCUT2D eigenvalue weighted by Crippen LogP contribution is -2.33. The number of thiophene rings is 1. The number of rotatable bonds is 7. The molecule has 0 bridgehead atoms. The van der Waals surface area contributed by atoms with Crippen molar-refractivity contribution >= 4 is 27.5 Å². The third-order valence-electron chi connectivity index (χ3n) is 2.86. The first-order valence-corrected chi connectivity index (χ1v) is 7.77. The summed E-state index contributed by atoms with van der Waals surface area (Å²) in [5, 5.41) is 5.14. The number of hydrogen-bond donors (Lipinski definition) is 1. The number of carbonyl (C=O) groups is 1. The van der Waals surface area contributed by atoms with Crippen molar-refractivity contribution in [2.45, 2.75) is 32.9 Å². The van der Waals surface area contributed by atoms with Gasteiger partial charge in [0.2, 0.25) is 5.91 Å². The third-order valence-corrected chi connectivity index (χ3v) is 3.68. The van der Waals surface area contributed by atoms with Crippen LogP contribution in [-0.2, 0) is 16.1 Å². The van der Waals surface area contributed by atoms with Gasteiger partial charge in [0.05, 0.1) is 17.8 Å². The van der Waals surface area contributed by atoms with Gasteiger partial charge in [-0.1, -0.05) is 0 Å². The van der Waals surface area contributed by atoms with Crippen LogP contribution in [0.3, 0.4) is 0 Å². The molecule has 114 valence electrons. The Morgan fingerprint density at radius 1 is 1.52 bits per heavy atom. The molecule has 2 rings (SSSR count). The molecule has 2 aromatic rings. The summed E-state index contributed by atoms with van der Waals surface area (Å²) in [6.07, 6.45) is 2.37. The van der Waals surface area contributed by atoms with Crippen LogP contribution in [0.15, 0.2) is 22.6 Å². The van der Waals surface area contributed by atoms with Crippen LogP contribution in [0, 0.1) is 0 Å². The molecule has 1 N–H and O–H groups in total. The van der Waals surface area contributed by atoms with Crippen molar-refractivity contribution < 1.29 is 9.53 Å². The van der Waals surface area contributed by atoms with E-state index < -0.39 is 0 Å². The fraction of sp³-hybridized carbons (Fsp3) is 0.500. The molecule has 0 spiro atoms. The molecule has 1 amide bonds. The number of fused-ring (bicyclic) bond motifs is 1. The molecule has 0 aliphatic rings. The van der Waals surface area contributed by atoms with Gasteiger partial charge in [-0.3, -0.25) is 14.2 Å². The lowest BCUT2D eigenvalue weighted by molar-refractivity contribution is -0.121. The van der Waals surface area contributed by atoms with Crippen molar-refractivity contribution in [2.24, 2.45) is 0 Å². The molecule has 7 heteroatoms. The van der Waals surface area contributed by atoms with Crippen molar-refractivity contribution in [3.05, 3.63) is 28.1 Å². The van der Waals surface area contributed by atoms with E-state index in [2.05, 4.69) is 10.3 Å². The van der Waals surface area contributed by atoms with Gasteiger partial charge in [-0.15, -0.1) is 11.3 Å². The Morgan fingerprint density at radius 3 is 3.10 bits per heavy atom. The average molecular weight is 309 g/mol. The maximum atomic E-state index is 12.1. The van der Waals surface area contributed by atoms with E-state index in [9.17, 15) is 9.59 Å². The van der Waals surface area contributed by atoms with Gasteiger partial charge in [-0.25, -0.2) is 4.98 Å². The number of amides is 1. The van der Waals surface area contributed by atoms with Crippen LogP contribution < -0.4 is 10.9 Å². The first-order valence-electron chi connectivity index (χ1n) is 6.89. The van der Waals surface area contributed by atoms with Gasteiger partial charge in [0.1, 0.15) is 11.4 Å². The monoisotopic (exact) mass is 309 g/mol. The predicted molar refractivity (Wildman–Crippen MR) is 82.6 cm³/mol. The topological polar surface area (TPSA) is 73.2 Å². The predicted octanol–water partition coefficient (Wildman–Crippen LogP) is 1.39. The molecule has 21 heavy (non-hydrogen) atoms. The van der Waals surface area contributed by atoms with Gasteiger partial charge < -0.3 is 10.1 Å². The highest BCUT2D eigenvalue weighted by molar-refractivity contribution is 7.16. The second kappa shape index (κ2) is 7.33. The van der Waals surface area contributed by atoms with Crippen molar-refractivity contribution in [3.63, 3.8) is 0 Å². The number of ether oxygens (including phenoxy) is 1. The van der Waals surface area contributed by atoms with E-state index in [0.29, 0.717) is 23.4 Å². The number of nitrogens with one attached hydrogen (secondary N) is 1. The minimum Gasteiger partial charge on any atom is -0.379 e. The number of carbonyl (C=O) groups excluding carboxylic acids is 1. The summed E-state index contributed by atoms with van der Waals surface area (Å²) in [5.74, 6) is -0.196. The largest absolute Gasteiger partial charge is 0.379 e. The van der Waals surface area contributed by atoms with E-state index >= 15 is 0 Å². The fourth-order valence-corrected chi connectivity index (χ4v) is 2.56. The van der Waals surface area contributed by atoms with Crippen LogP contribution in [0.5, 0.6) is 0 Å². The van der Waals surface area contributed by atoms with Crippen molar-refractivity contribution in [3.8, 4) is 0 Å². The first-order chi connectivity index (χ1) is 10.1.